The predicted octanol–water partition coefficient (Wildman–Crippen LogP) is 2.69. The van der Waals surface area contributed by atoms with Crippen molar-refractivity contribution in [2.45, 2.75) is 58.0 Å². The Morgan fingerprint density at radius 1 is 1.15 bits per heavy atom. The van der Waals surface area contributed by atoms with Gasteiger partial charge < -0.3 is 15.3 Å². The van der Waals surface area contributed by atoms with E-state index >= 15 is 0 Å². The summed E-state index contributed by atoms with van der Waals surface area (Å²) in [5, 5.41) is 12.0. The number of carboxylic acids is 1. The minimum absolute atomic E-state index is 0.0420. The van der Waals surface area contributed by atoms with Gasteiger partial charge in [0, 0.05) is 18.2 Å². The van der Waals surface area contributed by atoms with Crippen LogP contribution in [0.3, 0.4) is 0 Å². The molecule has 2 amide bonds. The van der Waals surface area contributed by atoms with E-state index in [9.17, 15) is 19.5 Å². The third-order valence-electron chi connectivity index (χ3n) is 5.93. The summed E-state index contributed by atoms with van der Waals surface area (Å²) >= 11 is 0. The molecule has 0 aromatic heterocycles. The number of hydrogen-bond acceptors (Lipinski definition) is 3. The Labute approximate surface area is 159 Å². The lowest BCUT2D eigenvalue weighted by Crippen LogP contribution is -2.51. The molecule has 6 heteroatoms. The SMILES string of the molecule is CC(C)(CNC(=O)C1CC2CCCCC2N1C(=O)c1ccccc1)C(=O)O. The van der Waals surface area contributed by atoms with Gasteiger partial charge in [0.2, 0.25) is 5.91 Å². The lowest BCUT2D eigenvalue weighted by molar-refractivity contribution is -0.146. The highest BCUT2D eigenvalue weighted by atomic mass is 16.4. The molecule has 0 radical (unpaired) electrons. The molecule has 1 aromatic carbocycles. The summed E-state index contributed by atoms with van der Waals surface area (Å²) in [6.45, 7) is 3.20. The summed E-state index contributed by atoms with van der Waals surface area (Å²) in [5.41, 5.74) is -0.456. The lowest BCUT2D eigenvalue weighted by atomic mass is 9.84. The van der Waals surface area contributed by atoms with Crippen molar-refractivity contribution < 1.29 is 19.5 Å². The van der Waals surface area contributed by atoms with Crippen LogP contribution in [0.5, 0.6) is 0 Å². The average molecular weight is 372 g/mol. The summed E-state index contributed by atoms with van der Waals surface area (Å²) in [6, 6.07) is 8.63. The number of aliphatic carboxylic acids is 1. The number of carbonyl (C=O) groups is 3. The Balaban J connectivity index is 1.80. The van der Waals surface area contributed by atoms with Crippen molar-refractivity contribution >= 4 is 17.8 Å². The zero-order valence-electron chi connectivity index (χ0n) is 16.0. The molecule has 1 saturated heterocycles. The van der Waals surface area contributed by atoms with E-state index in [0.717, 1.165) is 25.7 Å². The van der Waals surface area contributed by atoms with Crippen LogP contribution in [-0.4, -0.2) is 46.4 Å². The van der Waals surface area contributed by atoms with Crippen molar-refractivity contribution in [2.75, 3.05) is 6.54 Å². The molecule has 0 spiro atoms. The topological polar surface area (TPSA) is 86.7 Å². The first-order valence-corrected chi connectivity index (χ1v) is 9.70. The molecule has 1 heterocycles. The van der Waals surface area contributed by atoms with Crippen LogP contribution in [0.4, 0.5) is 0 Å². The number of fused-ring (bicyclic) bond motifs is 1. The summed E-state index contributed by atoms with van der Waals surface area (Å²) in [4.78, 5) is 39.2. The van der Waals surface area contributed by atoms with Gasteiger partial charge in [-0.25, -0.2) is 0 Å². The molecule has 1 aromatic rings. The smallest absolute Gasteiger partial charge is 0.310 e. The fraction of sp³-hybridized carbons (Fsp3) is 0.571. The highest BCUT2D eigenvalue weighted by Gasteiger charge is 2.47. The molecular formula is C21H28N2O4. The maximum absolute atomic E-state index is 13.2. The second-order valence-corrected chi connectivity index (χ2v) is 8.35. The van der Waals surface area contributed by atoms with Crippen LogP contribution in [0.2, 0.25) is 0 Å². The Kier molecular flexibility index (Phi) is 5.53. The normalized spacial score (nSPS) is 25.0. The van der Waals surface area contributed by atoms with Crippen LogP contribution >= 0.6 is 0 Å². The Bertz CT molecular complexity index is 716. The van der Waals surface area contributed by atoms with Crippen LogP contribution in [0, 0.1) is 11.3 Å². The molecule has 3 unspecified atom stereocenters. The molecule has 0 bridgehead atoms. The number of nitrogens with one attached hydrogen (secondary N) is 1. The van der Waals surface area contributed by atoms with Crippen molar-refractivity contribution in [3.63, 3.8) is 0 Å². The molecule has 2 N–H and O–H groups in total. The van der Waals surface area contributed by atoms with E-state index < -0.39 is 17.4 Å². The van der Waals surface area contributed by atoms with Crippen molar-refractivity contribution in [3.05, 3.63) is 35.9 Å². The van der Waals surface area contributed by atoms with Gasteiger partial charge in [-0.05, 0) is 51.2 Å². The summed E-state index contributed by atoms with van der Waals surface area (Å²) in [5.74, 6) is -0.972. The van der Waals surface area contributed by atoms with Crippen LogP contribution in [-0.2, 0) is 9.59 Å². The second-order valence-electron chi connectivity index (χ2n) is 8.35. The van der Waals surface area contributed by atoms with E-state index in [4.69, 9.17) is 0 Å². The van der Waals surface area contributed by atoms with Crippen molar-refractivity contribution in [2.24, 2.45) is 11.3 Å². The van der Waals surface area contributed by atoms with Gasteiger partial charge in [0.25, 0.3) is 5.91 Å². The Hall–Kier alpha value is -2.37. The van der Waals surface area contributed by atoms with E-state index in [1.807, 2.05) is 18.2 Å². The Morgan fingerprint density at radius 3 is 2.48 bits per heavy atom. The minimum atomic E-state index is -1.05. The maximum atomic E-state index is 13.2. The summed E-state index contributed by atoms with van der Waals surface area (Å²) < 4.78 is 0. The highest BCUT2D eigenvalue weighted by molar-refractivity contribution is 5.98. The molecule has 3 atom stereocenters. The lowest BCUT2D eigenvalue weighted by Gasteiger charge is -2.34. The van der Waals surface area contributed by atoms with Gasteiger partial charge in [-0.2, -0.15) is 0 Å². The van der Waals surface area contributed by atoms with Gasteiger partial charge in [-0.3, -0.25) is 14.4 Å². The molecule has 1 aliphatic heterocycles. The van der Waals surface area contributed by atoms with E-state index in [-0.39, 0.29) is 24.4 Å². The molecule has 1 saturated carbocycles. The predicted molar refractivity (Wildman–Crippen MR) is 101 cm³/mol. The molecule has 2 fully saturated rings. The van der Waals surface area contributed by atoms with Gasteiger partial charge in [0.15, 0.2) is 0 Å². The molecule has 1 aliphatic carbocycles. The second kappa shape index (κ2) is 7.71. The monoisotopic (exact) mass is 372 g/mol. The fourth-order valence-electron chi connectivity index (χ4n) is 4.22. The standard InChI is InChI=1S/C21H28N2O4/c1-21(2,20(26)27)13-22-18(24)17-12-15-10-6-7-11-16(15)23(17)19(25)14-8-4-3-5-9-14/h3-5,8-9,15-17H,6-7,10-13H2,1-2H3,(H,22,24)(H,26,27). The van der Waals surface area contributed by atoms with Crippen LogP contribution in [0.1, 0.15) is 56.3 Å². The summed E-state index contributed by atoms with van der Waals surface area (Å²) in [7, 11) is 0. The maximum Gasteiger partial charge on any atom is 0.310 e. The van der Waals surface area contributed by atoms with Gasteiger partial charge in [0.1, 0.15) is 6.04 Å². The van der Waals surface area contributed by atoms with Crippen LogP contribution < -0.4 is 5.32 Å². The zero-order valence-corrected chi connectivity index (χ0v) is 16.0. The van der Waals surface area contributed by atoms with Crippen LogP contribution in [0.15, 0.2) is 30.3 Å². The van der Waals surface area contributed by atoms with Gasteiger partial charge in [0.05, 0.1) is 5.41 Å². The molecule has 27 heavy (non-hydrogen) atoms. The van der Waals surface area contributed by atoms with Crippen molar-refractivity contribution in [1.82, 2.24) is 10.2 Å². The first-order valence-electron chi connectivity index (χ1n) is 9.70. The van der Waals surface area contributed by atoms with E-state index in [2.05, 4.69) is 5.32 Å². The number of amides is 2. The van der Waals surface area contributed by atoms with E-state index in [1.165, 1.54) is 0 Å². The third kappa shape index (κ3) is 3.99. The van der Waals surface area contributed by atoms with Crippen molar-refractivity contribution in [3.8, 4) is 0 Å². The average Bonchev–Trinajstić information content (AvgIpc) is 3.05. The van der Waals surface area contributed by atoms with Crippen LogP contribution in [0.25, 0.3) is 0 Å². The number of hydrogen-bond donors (Lipinski definition) is 2. The largest absolute Gasteiger partial charge is 0.481 e. The number of rotatable bonds is 5. The quantitative estimate of drug-likeness (QED) is 0.832. The molecule has 146 valence electrons. The van der Waals surface area contributed by atoms with E-state index in [1.54, 1.807) is 30.9 Å². The number of benzene rings is 1. The van der Waals surface area contributed by atoms with Gasteiger partial charge in [-0.15, -0.1) is 0 Å². The van der Waals surface area contributed by atoms with Crippen molar-refractivity contribution in [1.29, 1.82) is 0 Å². The molecular weight excluding hydrogens is 344 g/mol. The minimum Gasteiger partial charge on any atom is -0.481 e. The number of carboxylic acid groups (broad SMARTS) is 1. The summed E-state index contributed by atoms with van der Waals surface area (Å²) in [6.07, 6.45) is 4.82. The molecule has 6 nitrogen and oxygen atoms in total. The number of carbonyl (C=O) groups excluding carboxylic acids is 2. The van der Waals surface area contributed by atoms with E-state index in [0.29, 0.717) is 17.9 Å². The first-order chi connectivity index (χ1) is 12.8. The fourth-order valence-corrected chi connectivity index (χ4v) is 4.22. The van der Waals surface area contributed by atoms with Gasteiger partial charge in [-0.1, -0.05) is 31.0 Å². The highest BCUT2D eigenvalue weighted by Crippen LogP contribution is 2.40. The van der Waals surface area contributed by atoms with Gasteiger partial charge >= 0.3 is 5.97 Å². The zero-order chi connectivity index (χ0) is 19.6. The first kappa shape index (κ1) is 19.4. The Morgan fingerprint density at radius 2 is 1.81 bits per heavy atom. The number of likely N-dealkylation sites (tertiary alicyclic amines) is 1. The molecule has 2 aliphatic rings. The third-order valence-corrected chi connectivity index (χ3v) is 5.93. The number of nitrogens with zero attached hydrogens (tertiary/aromatic N) is 1. The molecule has 3 rings (SSSR count).